The molecular formula is C30H31Cl2N5O3S. The van der Waals surface area contributed by atoms with Crippen molar-refractivity contribution in [2.45, 2.75) is 37.8 Å². The van der Waals surface area contributed by atoms with E-state index in [1.54, 1.807) is 24.3 Å². The van der Waals surface area contributed by atoms with Crippen LogP contribution < -0.4 is 26.4 Å². The predicted octanol–water partition coefficient (Wildman–Crippen LogP) is 5.50. The minimum atomic E-state index is -0.168. The predicted molar refractivity (Wildman–Crippen MR) is 168 cm³/mol. The molecular weight excluding hydrogens is 581 g/mol. The molecule has 0 aliphatic carbocycles. The third kappa shape index (κ3) is 6.23. The number of anilines is 3. The Bertz CT molecular complexity index is 1540. The summed E-state index contributed by atoms with van der Waals surface area (Å²) in [5.74, 6) is 0.400. The number of nitrogens with zero attached hydrogens (tertiary/aromatic N) is 2. The van der Waals surface area contributed by atoms with E-state index in [0.717, 1.165) is 50.3 Å². The second-order valence-corrected chi connectivity index (χ2v) is 12.1. The van der Waals surface area contributed by atoms with Crippen LogP contribution in [0.3, 0.4) is 0 Å². The standard InChI is InChI=1S/C30H31Cl2N5O3S/c31-21-7-8-24(23(32)13-21)34-30(41)35-25-12-19(29(39)33-14-22-3-2-10-40-22)6-9-27(25)36-15-18-11-20(17-36)26-4-1-5-28(38)37(26)16-18/h1,4-9,12-13,18,20,22H,2-3,10-11,14-17H2,(H,33,39)(H2,34,35,41). The first-order valence-corrected chi connectivity index (χ1v) is 15.0. The summed E-state index contributed by atoms with van der Waals surface area (Å²) in [6.07, 6.45) is 3.06. The lowest BCUT2D eigenvalue weighted by atomic mass is 9.83. The Morgan fingerprint density at radius 1 is 1.02 bits per heavy atom. The molecule has 6 rings (SSSR count). The quantitative estimate of drug-likeness (QED) is 0.317. The number of aromatic nitrogens is 1. The Labute approximate surface area is 254 Å². The highest BCUT2D eigenvalue weighted by atomic mass is 35.5. The van der Waals surface area contributed by atoms with Gasteiger partial charge in [-0.1, -0.05) is 29.3 Å². The topological polar surface area (TPSA) is 87.6 Å². The molecule has 1 amide bonds. The molecule has 3 unspecified atom stereocenters. The molecule has 3 aromatic rings. The van der Waals surface area contributed by atoms with Gasteiger partial charge in [-0.2, -0.15) is 0 Å². The van der Waals surface area contributed by atoms with Crippen LogP contribution in [0.5, 0.6) is 0 Å². The molecule has 2 bridgehead atoms. The highest BCUT2D eigenvalue weighted by Crippen LogP contribution is 2.39. The van der Waals surface area contributed by atoms with Gasteiger partial charge in [-0.25, -0.2) is 0 Å². The molecule has 8 nitrogen and oxygen atoms in total. The molecule has 3 N–H and O–H groups in total. The molecule has 41 heavy (non-hydrogen) atoms. The van der Waals surface area contributed by atoms with Crippen molar-refractivity contribution >= 4 is 63.5 Å². The number of carbonyl (C=O) groups excluding carboxylic acids is 1. The maximum atomic E-state index is 13.1. The molecule has 214 valence electrons. The molecule has 3 atom stereocenters. The van der Waals surface area contributed by atoms with Crippen molar-refractivity contribution in [3.8, 4) is 0 Å². The number of pyridine rings is 1. The number of thiocarbonyl (C=S) groups is 1. The summed E-state index contributed by atoms with van der Waals surface area (Å²) in [4.78, 5) is 27.9. The Hall–Kier alpha value is -3.11. The Kier molecular flexibility index (Phi) is 8.21. The van der Waals surface area contributed by atoms with Crippen molar-refractivity contribution in [2.24, 2.45) is 5.92 Å². The zero-order chi connectivity index (χ0) is 28.5. The maximum Gasteiger partial charge on any atom is 0.251 e. The van der Waals surface area contributed by atoms with Gasteiger partial charge in [0.2, 0.25) is 0 Å². The molecule has 11 heteroatoms. The van der Waals surface area contributed by atoms with Crippen LogP contribution in [0, 0.1) is 5.92 Å². The fourth-order valence-electron chi connectivity index (χ4n) is 6.13. The number of benzene rings is 2. The SMILES string of the molecule is O=C(NCC1CCCO1)c1ccc(N2CC3CC(C2)c2cccc(=O)n2C3)c(NC(=S)Nc2ccc(Cl)cc2Cl)c1. The molecule has 0 radical (unpaired) electrons. The van der Waals surface area contributed by atoms with E-state index in [9.17, 15) is 9.59 Å². The molecule has 3 aliphatic rings. The van der Waals surface area contributed by atoms with E-state index in [1.165, 1.54) is 0 Å². The number of rotatable bonds is 6. The summed E-state index contributed by atoms with van der Waals surface area (Å²) >= 11 is 18.1. The van der Waals surface area contributed by atoms with Gasteiger partial charge in [0.05, 0.1) is 28.2 Å². The monoisotopic (exact) mass is 611 g/mol. The van der Waals surface area contributed by atoms with Crippen molar-refractivity contribution in [1.29, 1.82) is 0 Å². The Morgan fingerprint density at radius 2 is 1.88 bits per heavy atom. The van der Waals surface area contributed by atoms with Crippen molar-refractivity contribution in [3.63, 3.8) is 0 Å². The van der Waals surface area contributed by atoms with Gasteiger partial charge in [0, 0.05) is 61.1 Å². The number of piperidine rings is 1. The highest BCUT2D eigenvalue weighted by Gasteiger charge is 2.35. The smallest absolute Gasteiger partial charge is 0.251 e. The zero-order valence-electron chi connectivity index (χ0n) is 22.4. The molecule has 2 aromatic carbocycles. The lowest BCUT2D eigenvalue weighted by Crippen LogP contribution is -2.47. The van der Waals surface area contributed by atoms with Crippen LogP contribution in [-0.4, -0.2) is 47.9 Å². The molecule has 3 aliphatic heterocycles. The van der Waals surface area contributed by atoms with Crippen LogP contribution in [0.1, 0.15) is 41.2 Å². The summed E-state index contributed by atoms with van der Waals surface area (Å²) < 4.78 is 7.58. The fraction of sp³-hybridized carbons (Fsp3) is 0.367. The Morgan fingerprint density at radius 3 is 2.68 bits per heavy atom. The van der Waals surface area contributed by atoms with E-state index in [1.807, 2.05) is 28.8 Å². The largest absolute Gasteiger partial charge is 0.376 e. The van der Waals surface area contributed by atoms with Crippen molar-refractivity contribution in [1.82, 2.24) is 9.88 Å². The number of amides is 1. The number of halogens is 2. The van der Waals surface area contributed by atoms with Gasteiger partial charge in [0.1, 0.15) is 0 Å². The van der Waals surface area contributed by atoms with E-state index in [-0.39, 0.29) is 23.5 Å². The first-order chi connectivity index (χ1) is 19.8. The fourth-order valence-corrected chi connectivity index (χ4v) is 6.80. The van der Waals surface area contributed by atoms with E-state index in [4.69, 9.17) is 40.2 Å². The second kappa shape index (κ2) is 12.0. The number of hydrogen-bond acceptors (Lipinski definition) is 5. The first kappa shape index (κ1) is 28.0. The van der Waals surface area contributed by atoms with Gasteiger partial charge in [0.25, 0.3) is 11.5 Å². The molecule has 4 heterocycles. The number of nitrogens with one attached hydrogen (secondary N) is 3. The summed E-state index contributed by atoms with van der Waals surface area (Å²) in [5.41, 5.74) is 3.93. The molecule has 0 spiro atoms. The summed E-state index contributed by atoms with van der Waals surface area (Å²) in [6.45, 7) is 3.46. The third-order valence-corrected chi connectivity index (χ3v) is 8.77. The van der Waals surface area contributed by atoms with Crippen LogP contribution in [0.25, 0.3) is 0 Å². The number of hydrogen-bond donors (Lipinski definition) is 3. The average molecular weight is 613 g/mol. The van der Waals surface area contributed by atoms with E-state index in [0.29, 0.717) is 51.1 Å². The van der Waals surface area contributed by atoms with Crippen LogP contribution in [0.2, 0.25) is 10.0 Å². The summed E-state index contributed by atoms with van der Waals surface area (Å²) in [5, 5.41) is 10.8. The minimum Gasteiger partial charge on any atom is -0.376 e. The van der Waals surface area contributed by atoms with Crippen molar-refractivity contribution in [3.05, 3.63) is 86.3 Å². The lowest BCUT2D eigenvalue weighted by Gasteiger charge is -2.44. The normalized spacial score (nSPS) is 21.2. The maximum absolute atomic E-state index is 13.1. The average Bonchev–Trinajstić information content (AvgIpc) is 3.48. The van der Waals surface area contributed by atoms with Gasteiger partial charge in [-0.3, -0.25) is 9.59 Å². The van der Waals surface area contributed by atoms with Crippen LogP contribution >= 0.6 is 35.4 Å². The van der Waals surface area contributed by atoms with E-state index in [2.05, 4.69) is 26.9 Å². The number of ether oxygens (including phenoxy) is 1. The van der Waals surface area contributed by atoms with Gasteiger partial charge in [-0.05, 0) is 79.9 Å². The minimum absolute atomic E-state index is 0.0554. The summed E-state index contributed by atoms with van der Waals surface area (Å²) in [7, 11) is 0. The van der Waals surface area contributed by atoms with E-state index < -0.39 is 0 Å². The zero-order valence-corrected chi connectivity index (χ0v) is 24.7. The molecule has 2 saturated heterocycles. The Balaban J connectivity index is 1.26. The highest BCUT2D eigenvalue weighted by molar-refractivity contribution is 7.80. The van der Waals surface area contributed by atoms with Crippen molar-refractivity contribution < 1.29 is 9.53 Å². The van der Waals surface area contributed by atoms with Crippen LogP contribution in [0.15, 0.2) is 59.4 Å². The number of fused-ring (bicyclic) bond motifs is 4. The van der Waals surface area contributed by atoms with Crippen LogP contribution in [0.4, 0.5) is 17.1 Å². The van der Waals surface area contributed by atoms with Crippen molar-refractivity contribution in [2.75, 3.05) is 41.8 Å². The lowest BCUT2D eigenvalue weighted by molar-refractivity contribution is 0.0858. The molecule has 1 aromatic heterocycles. The van der Waals surface area contributed by atoms with E-state index >= 15 is 0 Å². The van der Waals surface area contributed by atoms with Gasteiger partial charge < -0.3 is 30.2 Å². The molecule has 0 saturated carbocycles. The van der Waals surface area contributed by atoms with Gasteiger partial charge >= 0.3 is 0 Å². The summed E-state index contributed by atoms with van der Waals surface area (Å²) in [6, 6.07) is 16.3. The van der Waals surface area contributed by atoms with Crippen LogP contribution in [-0.2, 0) is 11.3 Å². The first-order valence-electron chi connectivity index (χ1n) is 13.9. The number of carbonyl (C=O) groups is 1. The van der Waals surface area contributed by atoms with Gasteiger partial charge in [0.15, 0.2) is 5.11 Å². The third-order valence-electron chi connectivity index (χ3n) is 8.02. The van der Waals surface area contributed by atoms with Gasteiger partial charge in [-0.15, -0.1) is 0 Å². The molecule has 2 fully saturated rings. The second-order valence-electron chi connectivity index (χ2n) is 10.9.